The summed E-state index contributed by atoms with van der Waals surface area (Å²) in [5.41, 5.74) is -0.775. The van der Waals surface area contributed by atoms with Gasteiger partial charge in [-0.1, -0.05) is 13.8 Å². The zero-order valence-corrected chi connectivity index (χ0v) is 11.2. The molecule has 0 amide bonds. The highest BCUT2D eigenvalue weighted by Crippen LogP contribution is 2.20. The van der Waals surface area contributed by atoms with E-state index in [1.54, 1.807) is 6.92 Å². The van der Waals surface area contributed by atoms with Crippen molar-refractivity contribution < 1.29 is 13.5 Å². The van der Waals surface area contributed by atoms with Crippen LogP contribution in [0.4, 0.5) is 0 Å². The first-order valence-electron chi connectivity index (χ1n) is 5.90. The van der Waals surface area contributed by atoms with E-state index in [4.69, 9.17) is 0 Å². The predicted molar refractivity (Wildman–Crippen MR) is 65.1 cm³/mol. The molecule has 0 aromatic rings. The van der Waals surface area contributed by atoms with Gasteiger partial charge in [-0.05, 0) is 25.7 Å². The molecule has 0 spiro atoms. The molecule has 1 saturated heterocycles. The zero-order chi connectivity index (χ0) is 12.4. The second kappa shape index (κ2) is 5.02. The highest BCUT2D eigenvalue weighted by molar-refractivity contribution is 7.92. The molecule has 4 nitrogen and oxygen atoms in total. The van der Waals surface area contributed by atoms with E-state index < -0.39 is 15.4 Å². The molecule has 1 aliphatic heterocycles. The van der Waals surface area contributed by atoms with Gasteiger partial charge in [0.05, 0.1) is 16.6 Å². The molecule has 0 aliphatic carbocycles. The molecule has 1 heterocycles. The van der Waals surface area contributed by atoms with Crippen molar-refractivity contribution in [3.05, 3.63) is 0 Å². The summed E-state index contributed by atoms with van der Waals surface area (Å²) < 4.78 is 23.1. The highest BCUT2D eigenvalue weighted by atomic mass is 32.2. The SMILES string of the molecule is CC(C)C(C)(O)CNCC1CCCS1(=O)=O. The molecule has 1 aliphatic rings. The van der Waals surface area contributed by atoms with Crippen LogP contribution in [0, 0.1) is 5.92 Å². The van der Waals surface area contributed by atoms with Gasteiger partial charge in [-0.15, -0.1) is 0 Å². The maximum absolute atomic E-state index is 11.5. The number of hydrogen-bond donors (Lipinski definition) is 2. The summed E-state index contributed by atoms with van der Waals surface area (Å²) in [6.45, 7) is 6.58. The molecule has 2 N–H and O–H groups in total. The van der Waals surface area contributed by atoms with Gasteiger partial charge >= 0.3 is 0 Å². The molecular formula is C11H23NO3S. The van der Waals surface area contributed by atoms with E-state index >= 15 is 0 Å². The molecule has 0 radical (unpaired) electrons. The van der Waals surface area contributed by atoms with E-state index in [1.165, 1.54) is 0 Å². The van der Waals surface area contributed by atoms with Crippen molar-refractivity contribution in [3.8, 4) is 0 Å². The Morgan fingerprint density at radius 2 is 2.12 bits per heavy atom. The van der Waals surface area contributed by atoms with E-state index in [0.717, 1.165) is 12.8 Å². The van der Waals surface area contributed by atoms with E-state index in [2.05, 4.69) is 5.32 Å². The van der Waals surface area contributed by atoms with Gasteiger partial charge in [0.15, 0.2) is 9.84 Å². The van der Waals surface area contributed by atoms with E-state index in [0.29, 0.717) is 18.8 Å². The second-order valence-corrected chi connectivity index (χ2v) is 7.67. The third kappa shape index (κ3) is 3.43. The molecular weight excluding hydrogens is 226 g/mol. The van der Waals surface area contributed by atoms with Crippen LogP contribution >= 0.6 is 0 Å². The number of nitrogens with one attached hydrogen (secondary N) is 1. The summed E-state index contributed by atoms with van der Waals surface area (Å²) in [5, 5.41) is 12.8. The lowest BCUT2D eigenvalue weighted by Gasteiger charge is -2.28. The normalized spacial score (nSPS) is 28.2. The number of aliphatic hydroxyl groups is 1. The van der Waals surface area contributed by atoms with Crippen LogP contribution < -0.4 is 5.32 Å². The van der Waals surface area contributed by atoms with Crippen molar-refractivity contribution in [2.45, 2.75) is 44.5 Å². The summed E-state index contributed by atoms with van der Waals surface area (Å²) in [4.78, 5) is 0. The first-order valence-corrected chi connectivity index (χ1v) is 7.62. The fraction of sp³-hybridized carbons (Fsp3) is 1.00. The van der Waals surface area contributed by atoms with Crippen LogP contribution in [0.5, 0.6) is 0 Å². The lowest BCUT2D eigenvalue weighted by atomic mass is 9.92. The van der Waals surface area contributed by atoms with Crippen LogP contribution in [0.3, 0.4) is 0 Å². The van der Waals surface area contributed by atoms with Gasteiger partial charge in [-0.25, -0.2) is 8.42 Å². The Morgan fingerprint density at radius 3 is 2.56 bits per heavy atom. The van der Waals surface area contributed by atoms with Crippen molar-refractivity contribution in [1.29, 1.82) is 0 Å². The van der Waals surface area contributed by atoms with Crippen molar-refractivity contribution in [2.24, 2.45) is 5.92 Å². The predicted octanol–water partition coefficient (Wildman–Crippen LogP) is 0.560. The summed E-state index contributed by atoms with van der Waals surface area (Å²) in [6, 6.07) is 0. The minimum absolute atomic E-state index is 0.153. The maximum Gasteiger partial charge on any atom is 0.154 e. The Hall–Kier alpha value is -0.130. The van der Waals surface area contributed by atoms with Crippen LogP contribution in [0.1, 0.15) is 33.6 Å². The highest BCUT2D eigenvalue weighted by Gasteiger charge is 2.32. The van der Waals surface area contributed by atoms with Crippen molar-refractivity contribution in [2.75, 3.05) is 18.8 Å². The number of rotatable bonds is 5. The molecule has 0 aromatic carbocycles. The maximum atomic E-state index is 11.5. The summed E-state index contributed by atoms with van der Waals surface area (Å²) in [5.74, 6) is 0.472. The van der Waals surface area contributed by atoms with Gasteiger partial charge in [0.1, 0.15) is 0 Å². The largest absolute Gasteiger partial charge is 0.389 e. The van der Waals surface area contributed by atoms with Crippen molar-refractivity contribution in [3.63, 3.8) is 0 Å². The van der Waals surface area contributed by atoms with Gasteiger partial charge in [0, 0.05) is 13.1 Å². The molecule has 0 saturated carbocycles. The first kappa shape index (κ1) is 13.9. The summed E-state index contributed by atoms with van der Waals surface area (Å²) >= 11 is 0. The third-order valence-corrected chi connectivity index (χ3v) is 5.84. The van der Waals surface area contributed by atoms with Crippen LogP contribution in [0.2, 0.25) is 0 Å². The molecule has 2 unspecified atom stereocenters. The Kier molecular flexibility index (Phi) is 4.37. The Morgan fingerprint density at radius 1 is 1.50 bits per heavy atom. The minimum Gasteiger partial charge on any atom is -0.389 e. The lowest BCUT2D eigenvalue weighted by molar-refractivity contribution is 0.0144. The molecule has 0 aromatic heterocycles. The average Bonchev–Trinajstić information content (AvgIpc) is 2.45. The summed E-state index contributed by atoms with van der Waals surface area (Å²) in [6.07, 6.45) is 1.52. The summed E-state index contributed by atoms with van der Waals surface area (Å²) in [7, 11) is -2.87. The smallest absolute Gasteiger partial charge is 0.154 e. The van der Waals surface area contributed by atoms with Crippen LogP contribution in [-0.2, 0) is 9.84 Å². The average molecular weight is 249 g/mol. The standard InChI is InChI=1S/C11H23NO3S/c1-9(2)11(3,13)8-12-7-10-5-4-6-16(10,14)15/h9-10,12-13H,4-8H2,1-3H3. The van der Waals surface area contributed by atoms with Gasteiger partial charge in [0.2, 0.25) is 0 Å². The molecule has 96 valence electrons. The second-order valence-electron chi connectivity index (χ2n) is 5.27. The number of sulfone groups is 1. The van der Waals surface area contributed by atoms with E-state index in [9.17, 15) is 13.5 Å². The fourth-order valence-electron chi connectivity index (χ4n) is 1.78. The monoisotopic (exact) mass is 249 g/mol. The Labute approximate surface area is 98.4 Å². The van der Waals surface area contributed by atoms with Crippen molar-refractivity contribution >= 4 is 9.84 Å². The van der Waals surface area contributed by atoms with Crippen molar-refractivity contribution in [1.82, 2.24) is 5.32 Å². The van der Waals surface area contributed by atoms with Gasteiger partial charge in [-0.3, -0.25) is 0 Å². The van der Waals surface area contributed by atoms with E-state index in [-0.39, 0.29) is 11.2 Å². The Bertz CT molecular complexity index is 322. The molecule has 1 fully saturated rings. The first-order chi connectivity index (χ1) is 7.26. The lowest BCUT2D eigenvalue weighted by Crippen LogP contribution is -2.44. The fourth-order valence-corrected chi connectivity index (χ4v) is 3.58. The van der Waals surface area contributed by atoms with Gasteiger partial charge in [0.25, 0.3) is 0 Å². The topological polar surface area (TPSA) is 66.4 Å². The van der Waals surface area contributed by atoms with Crippen LogP contribution in [-0.4, -0.2) is 43.2 Å². The molecule has 5 heteroatoms. The minimum atomic E-state index is -2.87. The van der Waals surface area contributed by atoms with Gasteiger partial charge in [-0.2, -0.15) is 0 Å². The van der Waals surface area contributed by atoms with E-state index in [1.807, 2.05) is 13.8 Å². The van der Waals surface area contributed by atoms with Crippen LogP contribution in [0.15, 0.2) is 0 Å². The van der Waals surface area contributed by atoms with Crippen LogP contribution in [0.25, 0.3) is 0 Å². The van der Waals surface area contributed by atoms with Gasteiger partial charge < -0.3 is 10.4 Å². The molecule has 0 bridgehead atoms. The molecule has 2 atom stereocenters. The quantitative estimate of drug-likeness (QED) is 0.747. The third-order valence-electron chi connectivity index (χ3n) is 3.56. The molecule has 16 heavy (non-hydrogen) atoms. The number of hydrogen-bond acceptors (Lipinski definition) is 4. The molecule has 1 rings (SSSR count). The zero-order valence-electron chi connectivity index (χ0n) is 10.4. The Balaban J connectivity index is 2.37.